The van der Waals surface area contributed by atoms with Gasteiger partial charge in [-0.2, -0.15) is 0 Å². The molecule has 0 saturated carbocycles. The summed E-state index contributed by atoms with van der Waals surface area (Å²) < 4.78 is 18.4. The first-order chi connectivity index (χ1) is 15.4. The lowest BCUT2D eigenvalue weighted by atomic mass is 10.1. The summed E-state index contributed by atoms with van der Waals surface area (Å²) in [6, 6.07) is 5.46. The van der Waals surface area contributed by atoms with Gasteiger partial charge >= 0.3 is 6.09 Å². The molecule has 3 rings (SSSR count). The van der Waals surface area contributed by atoms with Crippen molar-refractivity contribution < 1.29 is 18.7 Å². The molecule has 9 nitrogen and oxygen atoms in total. The van der Waals surface area contributed by atoms with Gasteiger partial charge in [0.1, 0.15) is 18.3 Å². The summed E-state index contributed by atoms with van der Waals surface area (Å²) in [5.74, 6) is -1.17. The van der Waals surface area contributed by atoms with Crippen molar-refractivity contribution >= 4 is 23.5 Å². The first-order valence-corrected chi connectivity index (χ1v) is 10.9. The van der Waals surface area contributed by atoms with E-state index in [0.29, 0.717) is 38.2 Å². The van der Waals surface area contributed by atoms with E-state index < -0.39 is 11.7 Å². The van der Waals surface area contributed by atoms with Crippen LogP contribution in [-0.4, -0.2) is 73.0 Å². The summed E-state index contributed by atoms with van der Waals surface area (Å²) in [7, 11) is 0. The Morgan fingerprint density at radius 2 is 1.78 bits per heavy atom. The highest BCUT2D eigenvalue weighted by atomic mass is 19.1. The third-order valence-electron chi connectivity index (χ3n) is 5.67. The number of halogens is 1. The molecular weight excluding hydrogens is 415 g/mol. The average molecular weight is 447 g/mol. The number of nitrogens with two attached hydrogens (primary N) is 2. The molecular formula is C22H31FN6O3. The maximum absolute atomic E-state index is 13.0. The number of aliphatic imine (C=N–C) groups is 1. The third kappa shape index (κ3) is 6.94. The highest BCUT2D eigenvalue weighted by molar-refractivity contribution is 6.20. The number of ether oxygens (including phenoxy) is 1. The Bertz CT molecular complexity index is 844. The van der Waals surface area contributed by atoms with Gasteiger partial charge in [-0.15, -0.1) is 0 Å². The number of likely N-dealkylation sites (tertiary alicyclic amines) is 2. The molecule has 10 heteroatoms. The number of amidine groups is 1. The minimum Gasteiger partial charge on any atom is -0.448 e. The second-order valence-corrected chi connectivity index (χ2v) is 7.99. The Labute approximate surface area is 187 Å². The van der Waals surface area contributed by atoms with Crippen LogP contribution in [0.15, 0.2) is 41.0 Å². The molecule has 2 aliphatic rings. The number of primary amides is 1. The van der Waals surface area contributed by atoms with Crippen molar-refractivity contribution in [2.45, 2.75) is 31.7 Å². The minimum absolute atomic E-state index is 0.0399. The van der Waals surface area contributed by atoms with Crippen LogP contribution in [0.3, 0.4) is 0 Å². The smallest absolute Gasteiger partial charge is 0.409 e. The summed E-state index contributed by atoms with van der Waals surface area (Å²) >= 11 is 0. The average Bonchev–Trinajstić information content (AvgIpc) is 3.29. The zero-order chi connectivity index (χ0) is 22.9. The standard InChI is InChI=1S/C22H31FN6O3/c23-16-3-5-18(6-4-16)27-20(24)19(21(25)30)15-26-17-7-11-29(12-8-17)22(31)32-14-13-28-9-1-2-10-28/h3-6,15,17,26H,1-2,7-14H2,(H2,24,27)(H2,25,30)/b19-15+. The van der Waals surface area contributed by atoms with Gasteiger partial charge in [0.25, 0.3) is 5.91 Å². The molecule has 2 saturated heterocycles. The minimum atomic E-state index is -0.722. The topological polar surface area (TPSA) is 126 Å². The molecule has 0 aliphatic carbocycles. The molecule has 32 heavy (non-hydrogen) atoms. The second-order valence-electron chi connectivity index (χ2n) is 7.99. The lowest BCUT2D eigenvalue weighted by Gasteiger charge is -2.31. The van der Waals surface area contributed by atoms with E-state index >= 15 is 0 Å². The van der Waals surface area contributed by atoms with Crippen LogP contribution < -0.4 is 16.8 Å². The Morgan fingerprint density at radius 3 is 2.41 bits per heavy atom. The van der Waals surface area contributed by atoms with Gasteiger partial charge in [-0.25, -0.2) is 14.2 Å². The summed E-state index contributed by atoms with van der Waals surface area (Å²) in [5, 5.41) is 3.15. The van der Waals surface area contributed by atoms with Gasteiger partial charge in [0.2, 0.25) is 0 Å². The van der Waals surface area contributed by atoms with Crippen LogP contribution in [0.2, 0.25) is 0 Å². The first kappa shape index (κ1) is 23.5. The van der Waals surface area contributed by atoms with Crippen molar-refractivity contribution in [1.29, 1.82) is 0 Å². The summed E-state index contributed by atoms with van der Waals surface area (Å²) in [4.78, 5) is 32.2. The fourth-order valence-corrected chi connectivity index (χ4v) is 3.78. The molecule has 2 heterocycles. The van der Waals surface area contributed by atoms with Gasteiger partial charge in [0, 0.05) is 31.9 Å². The van der Waals surface area contributed by atoms with Gasteiger partial charge in [-0.1, -0.05) is 0 Å². The predicted octanol–water partition coefficient (Wildman–Crippen LogP) is 1.47. The Kier molecular flexibility index (Phi) is 8.43. The molecule has 0 radical (unpaired) electrons. The number of hydrogen-bond acceptors (Lipinski definition) is 6. The molecule has 0 atom stereocenters. The van der Waals surface area contributed by atoms with Crippen molar-refractivity contribution in [2.75, 3.05) is 39.3 Å². The Morgan fingerprint density at radius 1 is 1.12 bits per heavy atom. The number of nitrogens with zero attached hydrogens (tertiary/aromatic N) is 3. The van der Waals surface area contributed by atoms with Crippen LogP contribution in [0.25, 0.3) is 0 Å². The zero-order valence-electron chi connectivity index (χ0n) is 18.1. The number of piperidine rings is 1. The lowest BCUT2D eigenvalue weighted by molar-refractivity contribution is -0.114. The first-order valence-electron chi connectivity index (χ1n) is 10.9. The molecule has 174 valence electrons. The number of hydrogen-bond donors (Lipinski definition) is 3. The maximum Gasteiger partial charge on any atom is 0.409 e. The van der Waals surface area contributed by atoms with Crippen LogP contribution >= 0.6 is 0 Å². The normalized spacial score (nSPS) is 18.6. The van der Waals surface area contributed by atoms with Gasteiger partial charge < -0.3 is 26.4 Å². The molecule has 0 aromatic heterocycles. The lowest BCUT2D eigenvalue weighted by Crippen LogP contribution is -2.44. The van der Waals surface area contributed by atoms with E-state index in [1.54, 1.807) is 4.90 Å². The number of carbonyl (C=O) groups is 2. The van der Waals surface area contributed by atoms with Gasteiger partial charge in [0.15, 0.2) is 0 Å². The fraction of sp³-hybridized carbons (Fsp3) is 0.500. The summed E-state index contributed by atoms with van der Waals surface area (Å²) in [5.41, 5.74) is 11.8. The van der Waals surface area contributed by atoms with Crippen LogP contribution in [0.4, 0.5) is 14.9 Å². The van der Waals surface area contributed by atoms with Crippen LogP contribution in [-0.2, 0) is 9.53 Å². The van der Waals surface area contributed by atoms with Crippen molar-refractivity contribution in [3.05, 3.63) is 41.9 Å². The van der Waals surface area contributed by atoms with Gasteiger partial charge in [0.05, 0.1) is 11.3 Å². The molecule has 0 spiro atoms. The third-order valence-corrected chi connectivity index (χ3v) is 5.67. The zero-order valence-corrected chi connectivity index (χ0v) is 18.1. The highest BCUT2D eigenvalue weighted by Gasteiger charge is 2.24. The van der Waals surface area contributed by atoms with E-state index in [0.717, 1.165) is 19.6 Å². The van der Waals surface area contributed by atoms with E-state index in [4.69, 9.17) is 16.2 Å². The van der Waals surface area contributed by atoms with E-state index in [2.05, 4.69) is 15.2 Å². The largest absolute Gasteiger partial charge is 0.448 e. The van der Waals surface area contributed by atoms with E-state index in [1.807, 2.05) is 0 Å². The number of benzene rings is 1. The Hall–Kier alpha value is -3.14. The van der Waals surface area contributed by atoms with Crippen LogP contribution in [0, 0.1) is 5.82 Å². The second kappa shape index (κ2) is 11.5. The molecule has 0 unspecified atom stereocenters. The molecule has 2 fully saturated rings. The van der Waals surface area contributed by atoms with E-state index in [-0.39, 0.29) is 23.5 Å². The van der Waals surface area contributed by atoms with Crippen molar-refractivity contribution in [3.8, 4) is 0 Å². The SMILES string of the molecule is NC(=O)/C(=C/NC1CCN(C(=O)OCCN2CCCC2)CC1)C(N)=Nc1ccc(F)cc1. The molecule has 1 aromatic carbocycles. The monoisotopic (exact) mass is 446 g/mol. The molecule has 5 N–H and O–H groups in total. The highest BCUT2D eigenvalue weighted by Crippen LogP contribution is 2.15. The molecule has 2 aliphatic heterocycles. The fourth-order valence-electron chi connectivity index (χ4n) is 3.78. The Balaban J connectivity index is 1.46. The van der Waals surface area contributed by atoms with E-state index in [1.165, 1.54) is 43.3 Å². The van der Waals surface area contributed by atoms with Crippen molar-refractivity contribution in [2.24, 2.45) is 16.5 Å². The van der Waals surface area contributed by atoms with Crippen molar-refractivity contribution in [3.63, 3.8) is 0 Å². The van der Waals surface area contributed by atoms with Crippen molar-refractivity contribution in [1.82, 2.24) is 15.1 Å². The molecule has 2 amide bonds. The predicted molar refractivity (Wildman–Crippen MR) is 120 cm³/mol. The summed E-state index contributed by atoms with van der Waals surface area (Å²) in [6.45, 7) is 4.46. The number of carbonyl (C=O) groups excluding carboxylic acids is 2. The van der Waals surface area contributed by atoms with Crippen LogP contribution in [0.5, 0.6) is 0 Å². The number of rotatable bonds is 8. The summed E-state index contributed by atoms with van der Waals surface area (Å²) in [6.07, 6.45) is 4.98. The van der Waals surface area contributed by atoms with E-state index in [9.17, 15) is 14.0 Å². The quantitative estimate of drug-likeness (QED) is 0.315. The van der Waals surface area contributed by atoms with Gasteiger partial charge in [-0.05, 0) is 63.0 Å². The maximum atomic E-state index is 13.0. The van der Waals surface area contributed by atoms with Crippen LogP contribution in [0.1, 0.15) is 25.7 Å². The number of amides is 2. The number of nitrogens with one attached hydrogen (secondary N) is 1. The van der Waals surface area contributed by atoms with Gasteiger partial charge in [-0.3, -0.25) is 9.69 Å². The molecule has 1 aromatic rings. The molecule has 0 bridgehead atoms.